The third kappa shape index (κ3) is 6.18. The van der Waals surface area contributed by atoms with E-state index >= 15 is 0 Å². The van der Waals surface area contributed by atoms with Crippen LogP contribution in [-0.2, 0) is 29.1 Å². The van der Waals surface area contributed by atoms with Crippen molar-refractivity contribution in [3.63, 3.8) is 0 Å². The third-order valence-electron chi connectivity index (χ3n) is 9.21. The minimum atomic E-state index is -4.95. The van der Waals surface area contributed by atoms with Crippen molar-refractivity contribution in [2.75, 3.05) is 26.2 Å². The first-order valence-corrected chi connectivity index (χ1v) is 14.0. The molecule has 2 aliphatic carbocycles. The first-order valence-electron chi connectivity index (χ1n) is 14.0. The van der Waals surface area contributed by atoms with Crippen LogP contribution in [-0.4, -0.2) is 42.2 Å². The summed E-state index contributed by atoms with van der Waals surface area (Å²) in [6.07, 6.45) is -3.31. The molecule has 1 aliphatic heterocycles. The lowest BCUT2D eigenvalue weighted by molar-refractivity contribution is -0.143. The van der Waals surface area contributed by atoms with Crippen LogP contribution in [0.3, 0.4) is 0 Å². The number of halogens is 6. The van der Waals surface area contributed by atoms with E-state index in [1.54, 1.807) is 0 Å². The molecule has 41 heavy (non-hydrogen) atoms. The van der Waals surface area contributed by atoms with Crippen molar-refractivity contribution < 1.29 is 36.2 Å². The van der Waals surface area contributed by atoms with Crippen LogP contribution in [0.5, 0.6) is 0 Å². The van der Waals surface area contributed by atoms with E-state index in [9.17, 15) is 36.2 Å². The molecule has 1 spiro atoms. The van der Waals surface area contributed by atoms with Gasteiger partial charge in [-0.05, 0) is 85.0 Å². The molecule has 3 aliphatic rings. The summed E-state index contributed by atoms with van der Waals surface area (Å²) in [5.74, 6) is -0.645. The summed E-state index contributed by atoms with van der Waals surface area (Å²) in [4.78, 5) is 15.6. The fourth-order valence-electron chi connectivity index (χ4n) is 6.75. The zero-order valence-electron chi connectivity index (χ0n) is 22.7. The number of amides is 1. The molecule has 0 bridgehead atoms. The number of carbonyl (C=O) groups is 1. The molecule has 2 aromatic carbocycles. The maximum atomic E-state index is 13.2. The van der Waals surface area contributed by atoms with Crippen LogP contribution in [0, 0.1) is 23.7 Å². The Kier molecular flexibility index (Phi) is 8.02. The van der Waals surface area contributed by atoms with E-state index in [0.29, 0.717) is 37.4 Å². The van der Waals surface area contributed by atoms with E-state index in [1.165, 1.54) is 11.1 Å². The van der Waals surface area contributed by atoms with Gasteiger partial charge in [0.25, 0.3) is 0 Å². The standard InChI is InChI=1S/C31H34F6N2O2/c1-19-17-39(11-9-29(19)8-6-21-4-2-3-5-27(21)29)10-7-25(26-14-22(26)18-40)28(41)38-16-20-12-23(30(32,33)34)15-24(13-20)31(35,36)37/h2-6,8,12-13,15,19,22,25-26,40H,7,9-11,14,16-18H2,1H3,(H,38,41)/t19-,22?,25?,26?,29-/m0/s1. The average molecular weight is 581 g/mol. The number of hydrogen-bond acceptors (Lipinski definition) is 3. The number of rotatable bonds is 8. The number of likely N-dealkylation sites (tertiary alicyclic amines) is 1. The van der Waals surface area contributed by atoms with Gasteiger partial charge in [-0.25, -0.2) is 0 Å². The summed E-state index contributed by atoms with van der Waals surface area (Å²) >= 11 is 0. The normalized spacial score (nSPS) is 26.7. The fourth-order valence-corrected chi connectivity index (χ4v) is 6.75. The van der Waals surface area contributed by atoms with Gasteiger partial charge >= 0.3 is 12.4 Å². The second-order valence-electron chi connectivity index (χ2n) is 11.8. The molecule has 10 heteroatoms. The molecule has 2 fully saturated rings. The van der Waals surface area contributed by atoms with Crippen LogP contribution in [0.2, 0.25) is 0 Å². The van der Waals surface area contributed by atoms with Gasteiger partial charge in [-0.1, -0.05) is 43.3 Å². The quantitative estimate of drug-likeness (QED) is 0.362. The van der Waals surface area contributed by atoms with Crippen molar-refractivity contribution in [1.82, 2.24) is 10.2 Å². The van der Waals surface area contributed by atoms with Crippen molar-refractivity contribution in [2.24, 2.45) is 23.7 Å². The largest absolute Gasteiger partial charge is 0.416 e. The van der Waals surface area contributed by atoms with Crippen LogP contribution in [0.15, 0.2) is 48.5 Å². The molecule has 4 nitrogen and oxygen atoms in total. The molecule has 1 heterocycles. The molecule has 1 saturated carbocycles. The molecular formula is C31H34F6N2O2. The zero-order chi connectivity index (χ0) is 29.6. The molecular weight excluding hydrogens is 546 g/mol. The number of piperidine rings is 1. The highest BCUT2D eigenvalue weighted by Crippen LogP contribution is 2.48. The lowest BCUT2D eigenvalue weighted by atomic mass is 9.68. The van der Waals surface area contributed by atoms with Crippen molar-refractivity contribution in [1.29, 1.82) is 0 Å². The van der Waals surface area contributed by atoms with Crippen molar-refractivity contribution >= 4 is 12.0 Å². The lowest BCUT2D eigenvalue weighted by Crippen LogP contribution is -2.48. The Hall–Kier alpha value is -2.85. The summed E-state index contributed by atoms with van der Waals surface area (Å²) in [6.45, 7) is 4.04. The van der Waals surface area contributed by atoms with Gasteiger partial charge in [-0.3, -0.25) is 4.79 Å². The number of nitrogens with zero attached hydrogens (tertiary/aromatic N) is 1. The Labute approximate surface area is 235 Å². The SMILES string of the molecule is C[C@H]1CN(CCC(C(=O)NCc2cc(C(F)(F)F)cc(C(F)(F)F)c2)C2CC2CO)CC[C@@]12C=Cc1ccccc12. The van der Waals surface area contributed by atoms with E-state index in [0.717, 1.165) is 19.5 Å². The van der Waals surface area contributed by atoms with Crippen LogP contribution < -0.4 is 5.32 Å². The number of alkyl halides is 6. The van der Waals surface area contributed by atoms with E-state index in [-0.39, 0.29) is 35.5 Å². The van der Waals surface area contributed by atoms with Crippen LogP contribution >= 0.6 is 0 Å². The Morgan fingerprint density at radius 3 is 2.39 bits per heavy atom. The Morgan fingerprint density at radius 2 is 1.78 bits per heavy atom. The van der Waals surface area contributed by atoms with E-state index in [2.05, 4.69) is 47.5 Å². The van der Waals surface area contributed by atoms with Crippen molar-refractivity contribution in [2.45, 2.75) is 50.5 Å². The number of carbonyl (C=O) groups excluding carboxylic acids is 1. The number of aliphatic hydroxyl groups excluding tert-OH is 1. The van der Waals surface area contributed by atoms with Gasteiger partial charge < -0.3 is 15.3 Å². The Bertz CT molecular complexity index is 1270. The first-order chi connectivity index (χ1) is 19.3. The van der Waals surface area contributed by atoms with E-state index in [4.69, 9.17) is 0 Å². The second kappa shape index (κ2) is 11.1. The summed E-state index contributed by atoms with van der Waals surface area (Å²) in [6, 6.07) is 9.76. The highest BCUT2D eigenvalue weighted by atomic mass is 19.4. The minimum absolute atomic E-state index is 0.0113. The number of aliphatic hydroxyl groups is 1. The highest BCUT2D eigenvalue weighted by molar-refractivity contribution is 5.79. The smallest absolute Gasteiger partial charge is 0.396 e. The molecule has 0 aromatic heterocycles. The number of benzene rings is 2. The van der Waals surface area contributed by atoms with Gasteiger partial charge in [0.1, 0.15) is 0 Å². The highest BCUT2D eigenvalue weighted by Gasteiger charge is 2.47. The Morgan fingerprint density at radius 1 is 1.10 bits per heavy atom. The average Bonchev–Trinajstić information content (AvgIpc) is 3.61. The topological polar surface area (TPSA) is 52.6 Å². The predicted octanol–water partition coefficient (Wildman–Crippen LogP) is 6.28. The molecule has 5 rings (SSSR count). The van der Waals surface area contributed by atoms with Crippen LogP contribution in [0.1, 0.15) is 54.0 Å². The summed E-state index contributed by atoms with van der Waals surface area (Å²) in [5.41, 5.74) is -0.510. The molecule has 0 radical (unpaired) electrons. The van der Waals surface area contributed by atoms with Gasteiger partial charge in [0.05, 0.1) is 11.1 Å². The molecule has 1 saturated heterocycles. The predicted molar refractivity (Wildman–Crippen MR) is 142 cm³/mol. The third-order valence-corrected chi connectivity index (χ3v) is 9.21. The van der Waals surface area contributed by atoms with Crippen LogP contribution in [0.25, 0.3) is 6.08 Å². The van der Waals surface area contributed by atoms with Gasteiger partial charge in [-0.2, -0.15) is 26.3 Å². The van der Waals surface area contributed by atoms with Gasteiger partial charge in [-0.15, -0.1) is 0 Å². The van der Waals surface area contributed by atoms with E-state index in [1.807, 2.05) is 6.07 Å². The summed E-state index contributed by atoms with van der Waals surface area (Å²) in [7, 11) is 0. The summed E-state index contributed by atoms with van der Waals surface area (Å²) in [5, 5.41) is 12.2. The second-order valence-corrected chi connectivity index (χ2v) is 11.8. The Balaban J connectivity index is 1.23. The number of fused-ring (bicyclic) bond motifs is 2. The lowest BCUT2D eigenvalue weighted by Gasteiger charge is -2.44. The molecule has 222 valence electrons. The van der Waals surface area contributed by atoms with Gasteiger partial charge in [0, 0.05) is 31.0 Å². The zero-order valence-corrected chi connectivity index (χ0v) is 22.7. The van der Waals surface area contributed by atoms with Crippen LogP contribution in [0.4, 0.5) is 26.3 Å². The maximum absolute atomic E-state index is 13.2. The molecule has 2 aromatic rings. The van der Waals surface area contributed by atoms with E-state index < -0.39 is 41.8 Å². The molecule has 1 amide bonds. The number of hydrogen-bond donors (Lipinski definition) is 2. The number of allylic oxidation sites excluding steroid dienone is 1. The minimum Gasteiger partial charge on any atom is -0.396 e. The molecule has 5 atom stereocenters. The molecule has 2 N–H and O–H groups in total. The van der Waals surface area contributed by atoms with Crippen molar-refractivity contribution in [3.8, 4) is 0 Å². The van der Waals surface area contributed by atoms with Crippen molar-refractivity contribution in [3.05, 3.63) is 76.4 Å². The maximum Gasteiger partial charge on any atom is 0.416 e. The number of nitrogens with one attached hydrogen (secondary N) is 1. The first kappa shape index (κ1) is 29.6. The van der Waals surface area contributed by atoms with Gasteiger partial charge in [0.2, 0.25) is 5.91 Å². The monoisotopic (exact) mass is 580 g/mol. The fraction of sp³-hybridized carbons (Fsp3) is 0.516. The summed E-state index contributed by atoms with van der Waals surface area (Å²) < 4.78 is 79.5. The molecule has 3 unspecified atom stereocenters. The van der Waals surface area contributed by atoms with Gasteiger partial charge in [0.15, 0.2) is 0 Å².